The second-order valence-electron chi connectivity index (χ2n) is 3.94. The molecule has 0 aliphatic rings. The normalized spacial score (nSPS) is 11.5. The summed E-state index contributed by atoms with van der Waals surface area (Å²) in [5.41, 5.74) is 1.31. The first-order valence-electron chi connectivity index (χ1n) is 5.50. The van der Waals surface area contributed by atoms with Gasteiger partial charge in [-0.3, -0.25) is 0 Å². The molecule has 5 nitrogen and oxygen atoms in total. The number of halogens is 1. The summed E-state index contributed by atoms with van der Waals surface area (Å²) in [6.45, 7) is 1.89. The Morgan fingerprint density at radius 3 is 2.79 bits per heavy atom. The number of benzene rings is 1. The van der Waals surface area contributed by atoms with Crippen LogP contribution in [0.3, 0.4) is 0 Å². The first kappa shape index (κ1) is 14.1. The van der Waals surface area contributed by atoms with E-state index in [4.69, 9.17) is 0 Å². The molecule has 1 heterocycles. The van der Waals surface area contributed by atoms with Crippen molar-refractivity contribution in [3.63, 3.8) is 0 Å². The van der Waals surface area contributed by atoms with E-state index >= 15 is 0 Å². The number of aryl methyl sites for hydroxylation is 1. The second kappa shape index (κ2) is 5.77. The van der Waals surface area contributed by atoms with Crippen LogP contribution in [0, 0.1) is 6.92 Å². The monoisotopic (exact) mass is 341 g/mol. The molecule has 2 rings (SSSR count). The van der Waals surface area contributed by atoms with Crippen LogP contribution >= 0.6 is 15.9 Å². The molecule has 0 fully saturated rings. The van der Waals surface area contributed by atoms with Crippen LogP contribution in [-0.4, -0.2) is 18.4 Å². The Kier molecular flexibility index (Phi) is 4.28. The van der Waals surface area contributed by atoms with Crippen LogP contribution in [0.5, 0.6) is 0 Å². The fourth-order valence-electron chi connectivity index (χ4n) is 1.53. The van der Waals surface area contributed by atoms with Crippen molar-refractivity contribution in [2.45, 2.75) is 18.4 Å². The van der Waals surface area contributed by atoms with Crippen LogP contribution in [0.15, 0.2) is 46.2 Å². The lowest BCUT2D eigenvalue weighted by molar-refractivity contribution is 0.579. The van der Waals surface area contributed by atoms with Gasteiger partial charge in [0.1, 0.15) is 6.33 Å². The number of nitrogens with one attached hydrogen (secondary N) is 1. The van der Waals surface area contributed by atoms with Crippen molar-refractivity contribution >= 4 is 26.0 Å². The molecule has 0 aliphatic heterocycles. The van der Waals surface area contributed by atoms with Gasteiger partial charge in [-0.1, -0.05) is 22.0 Å². The van der Waals surface area contributed by atoms with Crippen LogP contribution in [0.4, 0.5) is 0 Å². The van der Waals surface area contributed by atoms with E-state index in [1.54, 1.807) is 37.4 Å². The summed E-state index contributed by atoms with van der Waals surface area (Å²) >= 11 is 3.27. The van der Waals surface area contributed by atoms with Gasteiger partial charge in [0.05, 0.1) is 17.1 Å². The van der Waals surface area contributed by atoms with Gasteiger partial charge in [0, 0.05) is 10.7 Å². The smallest absolute Gasteiger partial charge is 0.241 e. The molecule has 0 unspecified atom stereocenters. The molecule has 0 saturated heterocycles. The minimum absolute atomic E-state index is 0.136. The predicted octanol–water partition coefficient (Wildman–Crippen LogP) is 2.03. The molecule has 0 amide bonds. The molecule has 0 radical (unpaired) electrons. The average molecular weight is 342 g/mol. The van der Waals surface area contributed by atoms with Gasteiger partial charge in [-0.2, -0.15) is 0 Å². The minimum atomic E-state index is -3.55. The summed E-state index contributed by atoms with van der Waals surface area (Å²) in [5.74, 6) is 0. The van der Waals surface area contributed by atoms with Crippen molar-refractivity contribution in [3.05, 3.63) is 52.5 Å². The number of sulfonamides is 1. The number of aromatic nitrogens is 2. The first-order chi connectivity index (χ1) is 8.99. The summed E-state index contributed by atoms with van der Waals surface area (Å²) in [6, 6.07) is 6.80. The van der Waals surface area contributed by atoms with Crippen LogP contribution in [0.25, 0.3) is 0 Å². The molecule has 2 aromatic rings. The van der Waals surface area contributed by atoms with Gasteiger partial charge in [-0.15, -0.1) is 0 Å². The molecule has 0 aliphatic carbocycles. The maximum absolute atomic E-state index is 12.2. The molecule has 100 valence electrons. The minimum Gasteiger partial charge on any atom is -0.245 e. The van der Waals surface area contributed by atoms with Crippen molar-refractivity contribution in [2.24, 2.45) is 0 Å². The standard InChI is InChI=1S/C12H12BrN3O2S/c1-9-2-3-10(13)6-12(9)19(17,18)16-7-11-4-5-14-8-15-11/h2-6,8,16H,7H2,1H3. The summed E-state index contributed by atoms with van der Waals surface area (Å²) in [4.78, 5) is 8.01. The molecule has 0 bridgehead atoms. The fourth-order valence-corrected chi connectivity index (χ4v) is 3.31. The summed E-state index contributed by atoms with van der Waals surface area (Å²) in [5, 5.41) is 0. The van der Waals surface area contributed by atoms with Gasteiger partial charge in [-0.25, -0.2) is 23.1 Å². The van der Waals surface area contributed by atoms with Gasteiger partial charge >= 0.3 is 0 Å². The van der Waals surface area contributed by atoms with E-state index in [0.29, 0.717) is 11.3 Å². The van der Waals surface area contributed by atoms with Crippen molar-refractivity contribution < 1.29 is 8.42 Å². The Labute approximate surface area is 120 Å². The third kappa shape index (κ3) is 3.59. The zero-order chi connectivity index (χ0) is 13.9. The third-order valence-corrected chi connectivity index (χ3v) is 4.56. The van der Waals surface area contributed by atoms with E-state index < -0.39 is 10.0 Å². The largest absolute Gasteiger partial charge is 0.245 e. The Bertz CT molecular complexity index is 675. The number of hydrogen-bond acceptors (Lipinski definition) is 4. The highest BCUT2D eigenvalue weighted by Gasteiger charge is 2.16. The first-order valence-corrected chi connectivity index (χ1v) is 7.77. The third-order valence-electron chi connectivity index (χ3n) is 2.53. The van der Waals surface area contributed by atoms with Gasteiger partial charge in [-0.05, 0) is 30.7 Å². The molecular weight excluding hydrogens is 330 g/mol. The van der Waals surface area contributed by atoms with E-state index in [9.17, 15) is 8.42 Å². The molecule has 0 spiro atoms. The molecule has 19 heavy (non-hydrogen) atoms. The Hall–Kier alpha value is -1.31. The van der Waals surface area contributed by atoms with Gasteiger partial charge in [0.2, 0.25) is 10.0 Å². The van der Waals surface area contributed by atoms with Crippen LogP contribution in [0.1, 0.15) is 11.3 Å². The van der Waals surface area contributed by atoms with Gasteiger partial charge < -0.3 is 0 Å². The zero-order valence-electron chi connectivity index (χ0n) is 10.2. The van der Waals surface area contributed by atoms with Gasteiger partial charge in [0.25, 0.3) is 0 Å². The average Bonchev–Trinajstić information content (AvgIpc) is 2.40. The maximum atomic E-state index is 12.2. The molecule has 0 atom stereocenters. The van der Waals surface area contributed by atoms with Crippen molar-refractivity contribution in [1.29, 1.82) is 0 Å². The highest BCUT2D eigenvalue weighted by Crippen LogP contribution is 2.20. The van der Waals surface area contributed by atoms with Crippen LogP contribution in [0.2, 0.25) is 0 Å². The van der Waals surface area contributed by atoms with E-state index in [2.05, 4.69) is 30.6 Å². The molecule has 1 aromatic carbocycles. The fraction of sp³-hybridized carbons (Fsp3) is 0.167. The Balaban J connectivity index is 2.21. The number of nitrogens with zero attached hydrogens (tertiary/aromatic N) is 2. The number of rotatable bonds is 4. The molecule has 7 heteroatoms. The van der Waals surface area contributed by atoms with Crippen molar-refractivity contribution in [2.75, 3.05) is 0 Å². The quantitative estimate of drug-likeness (QED) is 0.923. The predicted molar refractivity (Wildman–Crippen MR) is 74.9 cm³/mol. The SMILES string of the molecule is Cc1ccc(Br)cc1S(=O)(=O)NCc1ccncn1. The van der Waals surface area contributed by atoms with E-state index in [1.807, 2.05) is 0 Å². The second-order valence-corrected chi connectivity index (χ2v) is 6.59. The van der Waals surface area contributed by atoms with E-state index in [0.717, 1.165) is 4.47 Å². The lowest BCUT2D eigenvalue weighted by Gasteiger charge is -2.09. The van der Waals surface area contributed by atoms with Crippen LogP contribution < -0.4 is 4.72 Å². The lowest BCUT2D eigenvalue weighted by atomic mass is 10.2. The highest BCUT2D eigenvalue weighted by atomic mass is 79.9. The van der Waals surface area contributed by atoms with Crippen molar-refractivity contribution in [1.82, 2.24) is 14.7 Å². The molecular formula is C12H12BrN3O2S. The number of hydrogen-bond donors (Lipinski definition) is 1. The summed E-state index contributed by atoms with van der Waals surface area (Å²) < 4.78 is 27.6. The van der Waals surface area contributed by atoms with Crippen LogP contribution in [-0.2, 0) is 16.6 Å². The summed E-state index contributed by atoms with van der Waals surface area (Å²) in [7, 11) is -3.55. The van der Waals surface area contributed by atoms with E-state index in [-0.39, 0.29) is 11.4 Å². The Morgan fingerprint density at radius 1 is 1.32 bits per heavy atom. The topological polar surface area (TPSA) is 72.0 Å². The van der Waals surface area contributed by atoms with Gasteiger partial charge in [0.15, 0.2) is 0 Å². The zero-order valence-corrected chi connectivity index (χ0v) is 12.6. The van der Waals surface area contributed by atoms with E-state index in [1.165, 1.54) is 6.33 Å². The molecule has 0 saturated carbocycles. The maximum Gasteiger partial charge on any atom is 0.241 e. The Morgan fingerprint density at radius 2 is 2.11 bits per heavy atom. The highest BCUT2D eigenvalue weighted by molar-refractivity contribution is 9.10. The lowest BCUT2D eigenvalue weighted by Crippen LogP contribution is -2.24. The molecule has 1 N–H and O–H groups in total. The summed E-state index contributed by atoms with van der Waals surface area (Å²) in [6.07, 6.45) is 2.95. The molecule has 1 aromatic heterocycles. The van der Waals surface area contributed by atoms with Crippen molar-refractivity contribution in [3.8, 4) is 0 Å².